The second-order valence-electron chi connectivity index (χ2n) is 6.88. The minimum absolute atomic E-state index is 0.280. The molecule has 0 spiro atoms. The maximum Gasteiger partial charge on any atom is 0.351 e. The fourth-order valence-corrected chi connectivity index (χ4v) is 3.47. The Kier molecular flexibility index (Phi) is 4.55. The van der Waals surface area contributed by atoms with Gasteiger partial charge in [0.15, 0.2) is 11.5 Å². The van der Waals surface area contributed by atoms with Gasteiger partial charge in [0.05, 0.1) is 19.9 Å². The number of fused-ring (bicyclic) bond motifs is 3. The van der Waals surface area contributed by atoms with E-state index in [1.54, 1.807) is 24.9 Å². The molecular formula is C22H22N2O4. The first-order valence-corrected chi connectivity index (χ1v) is 9.12. The van der Waals surface area contributed by atoms with Crippen LogP contribution >= 0.6 is 0 Å². The molecule has 0 saturated carbocycles. The first kappa shape index (κ1) is 18.1. The van der Waals surface area contributed by atoms with Gasteiger partial charge in [-0.2, -0.15) is 4.98 Å². The SMILES string of the molecule is COc1cc2c(cc1OC)-c1cc(Oc3ccc(C)c(C)c3)nc(=O)n1CC2. The average molecular weight is 378 g/mol. The second kappa shape index (κ2) is 7.03. The quantitative estimate of drug-likeness (QED) is 0.689. The Morgan fingerprint density at radius 1 is 0.964 bits per heavy atom. The van der Waals surface area contributed by atoms with Crippen LogP contribution in [0.15, 0.2) is 41.2 Å². The summed E-state index contributed by atoms with van der Waals surface area (Å²) in [6, 6.07) is 11.5. The van der Waals surface area contributed by atoms with Crippen molar-refractivity contribution in [1.82, 2.24) is 9.55 Å². The molecule has 2 aromatic carbocycles. The molecule has 28 heavy (non-hydrogen) atoms. The maximum absolute atomic E-state index is 12.6. The van der Waals surface area contributed by atoms with Crippen LogP contribution < -0.4 is 19.9 Å². The smallest absolute Gasteiger partial charge is 0.351 e. The zero-order valence-corrected chi connectivity index (χ0v) is 16.4. The van der Waals surface area contributed by atoms with Gasteiger partial charge in [-0.15, -0.1) is 0 Å². The van der Waals surface area contributed by atoms with E-state index in [2.05, 4.69) is 4.98 Å². The van der Waals surface area contributed by atoms with Crippen molar-refractivity contribution in [3.8, 4) is 34.4 Å². The van der Waals surface area contributed by atoms with Crippen molar-refractivity contribution in [2.24, 2.45) is 0 Å². The van der Waals surface area contributed by atoms with E-state index in [4.69, 9.17) is 14.2 Å². The number of hydrogen-bond acceptors (Lipinski definition) is 5. The van der Waals surface area contributed by atoms with E-state index in [-0.39, 0.29) is 11.6 Å². The van der Waals surface area contributed by atoms with Gasteiger partial charge in [-0.25, -0.2) is 4.79 Å². The number of rotatable bonds is 4. The third kappa shape index (κ3) is 3.11. The molecule has 4 rings (SSSR count). The summed E-state index contributed by atoms with van der Waals surface area (Å²) in [5.74, 6) is 2.23. The molecule has 6 heteroatoms. The standard InChI is InChI=1S/C22H22N2O4/c1-13-5-6-16(9-14(13)2)28-21-12-18-17-11-20(27-4)19(26-3)10-15(17)7-8-24(18)22(25)23-21/h5-6,9-12H,7-8H2,1-4H3. The lowest BCUT2D eigenvalue weighted by molar-refractivity contribution is 0.354. The van der Waals surface area contributed by atoms with Crippen LogP contribution in [0.2, 0.25) is 0 Å². The summed E-state index contributed by atoms with van der Waals surface area (Å²) in [5, 5.41) is 0. The molecular weight excluding hydrogens is 356 g/mol. The summed E-state index contributed by atoms with van der Waals surface area (Å²) in [7, 11) is 3.21. The number of methoxy groups -OCH3 is 2. The second-order valence-corrected chi connectivity index (χ2v) is 6.88. The van der Waals surface area contributed by atoms with E-state index >= 15 is 0 Å². The van der Waals surface area contributed by atoms with E-state index in [0.29, 0.717) is 23.8 Å². The molecule has 6 nitrogen and oxygen atoms in total. The molecule has 1 aliphatic rings. The predicted octanol–water partition coefficient (Wildman–Crippen LogP) is 3.89. The molecule has 0 unspecified atom stereocenters. The fourth-order valence-electron chi connectivity index (χ4n) is 3.47. The third-order valence-electron chi connectivity index (χ3n) is 5.18. The van der Waals surface area contributed by atoms with Gasteiger partial charge in [0, 0.05) is 18.2 Å². The average Bonchev–Trinajstić information content (AvgIpc) is 2.69. The summed E-state index contributed by atoms with van der Waals surface area (Å²) < 4.78 is 18.4. The molecule has 144 valence electrons. The number of hydrogen-bond donors (Lipinski definition) is 0. The zero-order chi connectivity index (χ0) is 19.8. The molecule has 2 heterocycles. The summed E-state index contributed by atoms with van der Waals surface area (Å²) >= 11 is 0. The fraction of sp³-hybridized carbons (Fsp3) is 0.273. The third-order valence-corrected chi connectivity index (χ3v) is 5.18. The van der Waals surface area contributed by atoms with Crippen LogP contribution in [0.25, 0.3) is 11.3 Å². The molecule has 3 aromatic rings. The van der Waals surface area contributed by atoms with Gasteiger partial charge in [0.2, 0.25) is 5.88 Å². The van der Waals surface area contributed by atoms with Crippen molar-refractivity contribution in [1.29, 1.82) is 0 Å². The summed E-state index contributed by atoms with van der Waals surface area (Å²) in [6.45, 7) is 4.63. The van der Waals surface area contributed by atoms with Crippen molar-refractivity contribution in [2.45, 2.75) is 26.8 Å². The van der Waals surface area contributed by atoms with Gasteiger partial charge in [0.1, 0.15) is 5.75 Å². The van der Waals surface area contributed by atoms with Gasteiger partial charge >= 0.3 is 5.69 Å². The summed E-state index contributed by atoms with van der Waals surface area (Å²) in [5.41, 5.74) is 4.77. The van der Waals surface area contributed by atoms with E-state index in [9.17, 15) is 4.79 Å². The van der Waals surface area contributed by atoms with Gasteiger partial charge in [-0.1, -0.05) is 6.07 Å². The van der Waals surface area contributed by atoms with E-state index in [1.165, 1.54) is 5.56 Å². The minimum atomic E-state index is -0.322. The predicted molar refractivity (Wildman–Crippen MR) is 107 cm³/mol. The van der Waals surface area contributed by atoms with E-state index < -0.39 is 0 Å². The molecule has 0 amide bonds. The maximum atomic E-state index is 12.6. The lowest BCUT2D eigenvalue weighted by Gasteiger charge is -2.23. The largest absolute Gasteiger partial charge is 0.493 e. The van der Waals surface area contributed by atoms with Gasteiger partial charge in [-0.05, 0) is 61.2 Å². The van der Waals surface area contributed by atoms with Crippen molar-refractivity contribution in [3.63, 3.8) is 0 Å². The van der Waals surface area contributed by atoms with Gasteiger partial charge in [0.25, 0.3) is 0 Å². The van der Waals surface area contributed by atoms with Crippen molar-refractivity contribution in [2.75, 3.05) is 14.2 Å². The highest BCUT2D eigenvalue weighted by Gasteiger charge is 2.22. The Morgan fingerprint density at radius 2 is 1.71 bits per heavy atom. The Bertz CT molecular complexity index is 1120. The van der Waals surface area contributed by atoms with Crippen molar-refractivity contribution < 1.29 is 14.2 Å². The number of aryl methyl sites for hydroxylation is 3. The highest BCUT2D eigenvalue weighted by molar-refractivity contribution is 5.70. The molecule has 0 saturated heterocycles. The number of nitrogens with zero attached hydrogens (tertiary/aromatic N) is 2. The molecule has 0 fully saturated rings. The Balaban J connectivity index is 1.80. The van der Waals surface area contributed by atoms with Crippen molar-refractivity contribution >= 4 is 0 Å². The Labute approximate surface area is 163 Å². The zero-order valence-electron chi connectivity index (χ0n) is 16.4. The van der Waals surface area contributed by atoms with Gasteiger partial charge in [-0.3, -0.25) is 4.57 Å². The van der Waals surface area contributed by atoms with Crippen LogP contribution in [0.1, 0.15) is 16.7 Å². The van der Waals surface area contributed by atoms with Crippen molar-refractivity contribution in [3.05, 3.63) is 63.6 Å². The highest BCUT2D eigenvalue weighted by atomic mass is 16.5. The van der Waals surface area contributed by atoms with Crippen LogP contribution in [0.5, 0.6) is 23.1 Å². The van der Waals surface area contributed by atoms with Crippen LogP contribution in [0.4, 0.5) is 0 Å². The first-order chi connectivity index (χ1) is 13.5. The molecule has 0 radical (unpaired) electrons. The Hall–Kier alpha value is -3.28. The Morgan fingerprint density at radius 3 is 2.43 bits per heavy atom. The topological polar surface area (TPSA) is 62.6 Å². The van der Waals surface area contributed by atoms with Crippen LogP contribution in [-0.2, 0) is 13.0 Å². The lowest BCUT2D eigenvalue weighted by Crippen LogP contribution is -2.28. The van der Waals surface area contributed by atoms with E-state index in [0.717, 1.165) is 28.8 Å². The minimum Gasteiger partial charge on any atom is -0.493 e. The van der Waals surface area contributed by atoms with Crippen LogP contribution in [0.3, 0.4) is 0 Å². The van der Waals surface area contributed by atoms with Crippen LogP contribution in [0, 0.1) is 13.8 Å². The molecule has 1 aliphatic heterocycles. The van der Waals surface area contributed by atoms with Gasteiger partial charge < -0.3 is 14.2 Å². The van der Waals surface area contributed by atoms with Crippen LogP contribution in [-0.4, -0.2) is 23.8 Å². The molecule has 0 N–H and O–H groups in total. The summed E-state index contributed by atoms with van der Waals surface area (Å²) in [4.78, 5) is 16.7. The highest BCUT2D eigenvalue weighted by Crippen LogP contribution is 2.38. The first-order valence-electron chi connectivity index (χ1n) is 9.12. The molecule has 0 atom stereocenters. The molecule has 0 aliphatic carbocycles. The number of ether oxygens (including phenoxy) is 3. The normalized spacial score (nSPS) is 12.1. The molecule has 1 aromatic heterocycles. The summed E-state index contributed by atoms with van der Waals surface area (Å²) in [6.07, 6.45) is 0.724. The molecule has 0 bridgehead atoms. The monoisotopic (exact) mass is 378 g/mol. The van der Waals surface area contributed by atoms with E-state index in [1.807, 2.05) is 44.2 Å². The number of benzene rings is 2. The number of aromatic nitrogens is 2. The lowest BCUT2D eigenvalue weighted by atomic mass is 9.97.